The zero-order valence-corrected chi connectivity index (χ0v) is 12.1. The molecule has 0 bridgehead atoms. The number of thioether (sulfide) groups is 1. The summed E-state index contributed by atoms with van der Waals surface area (Å²) in [5.74, 6) is 1.40. The van der Waals surface area contributed by atoms with Crippen LogP contribution < -0.4 is 0 Å². The molecule has 0 atom stereocenters. The minimum Gasteiger partial charge on any atom is -0.293 e. The second kappa shape index (κ2) is 6.93. The van der Waals surface area contributed by atoms with Gasteiger partial charge in [-0.15, -0.1) is 11.8 Å². The molecule has 3 heteroatoms. The van der Waals surface area contributed by atoms with Crippen molar-refractivity contribution < 1.29 is 4.79 Å². The highest BCUT2D eigenvalue weighted by atomic mass is 32.2. The lowest BCUT2D eigenvalue weighted by molar-refractivity contribution is 0.102. The van der Waals surface area contributed by atoms with Crippen molar-refractivity contribution >= 4 is 17.5 Å². The minimum absolute atomic E-state index is 0.104. The van der Waals surface area contributed by atoms with Crippen molar-refractivity contribution in [1.29, 1.82) is 5.26 Å². The monoisotopic (exact) mass is 281 g/mol. The van der Waals surface area contributed by atoms with Gasteiger partial charge in [-0.1, -0.05) is 42.0 Å². The van der Waals surface area contributed by atoms with Crippen LogP contribution in [-0.2, 0) is 5.75 Å². The maximum absolute atomic E-state index is 12.0. The Bertz CT molecular complexity index is 641. The normalized spacial score (nSPS) is 10.0. The van der Waals surface area contributed by atoms with Crippen molar-refractivity contribution in [3.8, 4) is 6.07 Å². The predicted octanol–water partition coefficient (Wildman–Crippen LogP) is 3.98. The largest absolute Gasteiger partial charge is 0.293 e. The first-order valence-electron chi connectivity index (χ1n) is 6.35. The molecular formula is C17H15NOS. The van der Waals surface area contributed by atoms with E-state index in [0.29, 0.717) is 16.9 Å². The molecule has 2 aromatic rings. The number of ketones is 1. The maximum atomic E-state index is 12.0. The van der Waals surface area contributed by atoms with E-state index in [-0.39, 0.29) is 5.78 Å². The van der Waals surface area contributed by atoms with Crippen molar-refractivity contribution in [2.45, 2.75) is 12.7 Å². The van der Waals surface area contributed by atoms with Gasteiger partial charge in [0.25, 0.3) is 0 Å². The predicted molar refractivity (Wildman–Crippen MR) is 82.8 cm³/mol. The van der Waals surface area contributed by atoms with Crippen LogP contribution in [0.1, 0.15) is 27.0 Å². The number of aryl methyl sites for hydroxylation is 1. The van der Waals surface area contributed by atoms with Gasteiger partial charge in [0.15, 0.2) is 5.78 Å². The quantitative estimate of drug-likeness (QED) is 0.778. The Balaban J connectivity index is 1.87. The first kappa shape index (κ1) is 14.4. The van der Waals surface area contributed by atoms with Gasteiger partial charge in [0.1, 0.15) is 0 Å². The Morgan fingerprint density at radius 2 is 1.95 bits per heavy atom. The molecule has 0 heterocycles. The summed E-state index contributed by atoms with van der Waals surface area (Å²) in [5.41, 5.74) is 3.72. The van der Waals surface area contributed by atoms with Gasteiger partial charge in [-0.2, -0.15) is 5.26 Å². The van der Waals surface area contributed by atoms with Gasteiger partial charge in [0.05, 0.1) is 17.4 Å². The first-order chi connectivity index (χ1) is 9.69. The summed E-state index contributed by atoms with van der Waals surface area (Å²) in [6.45, 7) is 2.07. The molecule has 0 aliphatic heterocycles. The number of rotatable bonds is 5. The smallest absolute Gasteiger partial charge is 0.172 e. The van der Waals surface area contributed by atoms with Crippen LogP contribution in [0.2, 0.25) is 0 Å². The second-order valence-corrected chi connectivity index (χ2v) is 5.58. The fourth-order valence-electron chi connectivity index (χ4n) is 1.88. The van der Waals surface area contributed by atoms with E-state index in [0.717, 1.165) is 5.75 Å². The fraction of sp³-hybridized carbons (Fsp3) is 0.176. The van der Waals surface area contributed by atoms with E-state index in [2.05, 4.69) is 25.1 Å². The van der Waals surface area contributed by atoms with Gasteiger partial charge in [-0.3, -0.25) is 4.79 Å². The van der Waals surface area contributed by atoms with E-state index in [1.54, 1.807) is 36.0 Å². The van der Waals surface area contributed by atoms with Crippen LogP contribution in [0, 0.1) is 18.3 Å². The molecule has 20 heavy (non-hydrogen) atoms. The molecule has 2 aromatic carbocycles. The van der Waals surface area contributed by atoms with E-state index >= 15 is 0 Å². The van der Waals surface area contributed by atoms with Crippen LogP contribution in [0.25, 0.3) is 0 Å². The van der Waals surface area contributed by atoms with Gasteiger partial charge in [-0.05, 0) is 24.6 Å². The highest BCUT2D eigenvalue weighted by Crippen LogP contribution is 2.15. The van der Waals surface area contributed by atoms with E-state index in [1.165, 1.54) is 11.1 Å². The van der Waals surface area contributed by atoms with Crippen LogP contribution in [-0.4, -0.2) is 11.5 Å². The average molecular weight is 281 g/mol. The molecule has 0 unspecified atom stereocenters. The number of carbonyl (C=O) groups excluding carboxylic acids is 1. The third-order valence-corrected chi connectivity index (χ3v) is 3.92. The van der Waals surface area contributed by atoms with Crippen LogP contribution in [0.5, 0.6) is 0 Å². The van der Waals surface area contributed by atoms with E-state index < -0.39 is 0 Å². The van der Waals surface area contributed by atoms with E-state index in [4.69, 9.17) is 5.26 Å². The van der Waals surface area contributed by atoms with Crippen molar-refractivity contribution in [3.05, 3.63) is 70.8 Å². The van der Waals surface area contributed by atoms with E-state index in [1.807, 2.05) is 12.1 Å². The van der Waals surface area contributed by atoms with Crippen LogP contribution in [0.15, 0.2) is 48.5 Å². The zero-order chi connectivity index (χ0) is 14.4. The lowest BCUT2D eigenvalue weighted by Gasteiger charge is -2.03. The minimum atomic E-state index is 0.104. The Kier molecular flexibility index (Phi) is 4.97. The molecule has 0 aliphatic carbocycles. The highest BCUT2D eigenvalue weighted by Gasteiger charge is 2.06. The summed E-state index contributed by atoms with van der Waals surface area (Å²) in [6.07, 6.45) is 0. The van der Waals surface area contributed by atoms with Crippen LogP contribution >= 0.6 is 11.8 Å². The third kappa shape index (κ3) is 3.97. The summed E-state index contributed by atoms with van der Waals surface area (Å²) < 4.78 is 0. The van der Waals surface area contributed by atoms with Crippen molar-refractivity contribution in [2.24, 2.45) is 0 Å². The van der Waals surface area contributed by atoms with E-state index in [9.17, 15) is 4.79 Å². The van der Waals surface area contributed by atoms with Crippen molar-refractivity contribution in [3.63, 3.8) is 0 Å². The Hall–Kier alpha value is -2.05. The lowest BCUT2D eigenvalue weighted by Crippen LogP contribution is -2.02. The number of hydrogen-bond donors (Lipinski definition) is 0. The number of nitriles is 1. The molecule has 0 aromatic heterocycles. The molecule has 0 spiro atoms. The first-order valence-corrected chi connectivity index (χ1v) is 7.51. The SMILES string of the molecule is Cc1cccc(CSCC(=O)c2ccc(C#N)cc2)c1. The van der Waals surface area contributed by atoms with Gasteiger partial charge < -0.3 is 0 Å². The van der Waals surface area contributed by atoms with Crippen LogP contribution in [0.4, 0.5) is 0 Å². The molecule has 0 amide bonds. The van der Waals surface area contributed by atoms with Gasteiger partial charge >= 0.3 is 0 Å². The molecule has 0 N–H and O–H groups in total. The molecule has 0 saturated heterocycles. The number of hydrogen-bond acceptors (Lipinski definition) is 3. The molecule has 0 radical (unpaired) electrons. The van der Waals surface area contributed by atoms with Crippen molar-refractivity contribution in [2.75, 3.05) is 5.75 Å². The maximum Gasteiger partial charge on any atom is 0.172 e. The van der Waals surface area contributed by atoms with Crippen molar-refractivity contribution in [1.82, 2.24) is 0 Å². The Labute approximate surface area is 123 Å². The fourth-order valence-corrected chi connectivity index (χ4v) is 2.75. The Morgan fingerprint density at radius 1 is 1.20 bits per heavy atom. The third-order valence-electron chi connectivity index (χ3n) is 2.92. The number of benzene rings is 2. The molecule has 0 fully saturated rings. The van der Waals surface area contributed by atoms with Gasteiger partial charge in [0.2, 0.25) is 0 Å². The molecule has 100 valence electrons. The summed E-state index contributed by atoms with van der Waals surface area (Å²) in [7, 11) is 0. The second-order valence-electron chi connectivity index (χ2n) is 4.59. The summed E-state index contributed by atoms with van der Waals surface area (Å²) in [6, 6.07) is 17.2. The average Bonchev–Trinajstić information content (AvgIpc) is 2.47. The molecule has 2 nitrogen and oxygen atoms in total. The summed E-state index contributed by atoms with van der Waals surface area (Å²) in [4.78, 5) is 12.0. The summed E-state index contributed by atoms with van der Waals surface area (Å²) in [5, 5.41) is 8.72. The number of Topliss-reactive ketones (excluding diaryl/α,β-unsaturated/α-hetero) is 1. The highest BCUT2D eigenvalue weighted by molar-refractivity contribution is 7.99. The molecule has 0 aliphatic rings. The van der Waals surface area contributed by atoms with Gasteiger partial charge in [0, 0.05) is 11.3 Å². The number of carbonyl (C=O) groups is 1. The standard InChI is InChI=1S/C17H15NOS/c1-13-3-2-4-15(9-13)11-20-12-17(19)16-7-5-14(10-18)6-8-16/h2-9H,11-12H2,1H3. The topological polar surface area (TPSA) is 40.9 Å². The van der Waals surface area contributed by atoms with Gasteiger partial charge in [-0.25, -0.2) is 0 Å². The molecule has 0 saturated carbocycles. The van der Waals surface area contributed by atoms with Crippen LogP contribution in [0.3, 0.4) is 0 Å². The zero-order valence-electron chi connectivity index (χ0n) is 11.3. The Morgan fingerprint density at radius 3 is 2.60 bits per heavy atom. The number of nitrogens with zero attached hydrogens (tertiary/aromatic N) is 1. The molecular weight excluding hydrogens is 266 g/mol. The lowest BCUT2D eigenvalue weighted by atomic mass is 10.1. The molecule has 2 rings (SSSR count). The summed E-state index contributed by atoms with van der Waals surface area (Å²) >= 11 is 1.61.